The zero-order valence-corrected chi connectivity index (χ0v) is 6.90. The molecule has 0 aliphatic rings. The number of hydrogen-bond donors (Lipinski definition) is 3. The summed E-state index contributed by atoms with van der Waals surface area (Å²) in [6.07, 6.45) is 0. The molecule has 0 bridgehead atoms. The Kier molecular flexibility index (Phi) is 2.73. The third-order valence-electron chi connectivity index (χ3n) is 1.61. The molecule has 72 valence electrons. The predicted molar refractivity (Wildman–Crippen MR) is 46.9 cm³/mol. The van der Waals surface area contributed by atoms with Crippen LogP contribution < -0.4 is 21.5 Å². The van der Waals surface area contributed by atoms with E-state index in [-0.39, 0.29) is 22.8 Å². The highest BCUT2D eigenvalue weighted by atomic mass is 19.2. The highest BCUT2D eigenvalue weighted by Gasteiger charge is 2.12. The Bertz CT molecular complexity index is 306. The van der Waals surface area contributed by atoms with Gasteiger partial charge in [0.15, 0.2) is 0 Å². The van der Waals surface area contributed by atoms with Gasteiger partial charge in [0.2, 0.25) is 0 Å². The highest BCUT2D eigenvalue weighted by Crippen LogP contribution is 2.37. The van der Waals surface area contributed by atoms with Gasteiger partial charge in [-0.1, -0.05) is 0 Å². The maximum Gasteiger partial charge on any atom is 0.146 e. The minimum absolute atomic E-state index is 0.0865. The summed E-state index contributed by atoms with van der Waals surface area (Å²) in [6, 6.07) is 2.83. The molecule has 0 aliphatic heterocycles. The van der Waals surface area contributed by atoms with Crippen LogP contribution in [0.4, 0.5) is 26.0 Å². The molecule has 1 rings (SSSR count). The first-order valence-corrected chi connectivity index (χ1v) is 3.44. The van der Waals surface area contributed by atoms with Gasteiger partial charge in [0.05, 0.1) is 12.8 Å². The molecule has 0 aliphatic carbocycles. The summed E-state index contributed by atoms with van der Waals surface area (Å²) in [4.78, 5) is 0. The Morgan fingerprint density at radius 2 is 1.85 bits per heavy atom. The molecule has 0 saturated heterocycles. The third kappa shape index (κ3) is 1.56. The van der Waals surface area contributed by atoms with Crippen LogP contribution in [-0.4, -0.2) is 7.11 Å². The fourth-order valence-electron chi connectivity index (χ4n) is 0.965. The van der Waals surface area contributed by atoms with Gasteiger partial charge in [-0.3, -0.25) is 0 Å². The van der Waals surface area contributed by atoms with E-state index in [1.807, 2.05) is 0 Å². The van der Waals surface area contributed by atoms with Crippen molar-refractivity contribution in [2.24, 2.45) is 0 Å². The number of nitrogens with two attached hydrogens (primary N) is 1. The van der Waals surface area contributed by atoms with Crippen molar-refractivity contribution in [3.63, 3.8) is 0 Å². The van der Waals surface area contributed by atoms with Crippen LogP contribution in [0, 0.1) is 0 Å². The molecule has 0 unspecified atom stereocenters. The van der Waals surface area contributed by atoms with Gasteiger partial charge in [-0.25, -0.2) is 11.1 Å². The van der Waals surface area contributed by atoms with E-state index in [4.69, 9.17) is 10.5 Å². The Hall–Kier alpha value is -1.72. The van der Waals surface area contributed by atoms with E-state index < -0.39 is 0 Å². The van der Waals surface area contributed by atoms with E-state index in [0.29, 0.717) is 0 Å². The molecular formula is C7H9F2N3O. The summed E-state index contributed by atoms with van der Waals surface area (Å²) < 4.78 is 29.1. The van der Waals surface area contributed by atoms with E-state index in [1.54, 1.807) is 0 Å². The van der Waals surface area contributed by atoms with Crippen LogP contribution in [0.25, 0.3) is 0 Å². The first-order valence-electron chi connectivity index (χ1n) is 3.44. The van der Waals surface area contributed by atoms with Gasteiger partial charge < -0.3 is 10.5 Å². The number of anilines is 3. The van der Waals surface area contributed by atoms with E-state index in [9.17, 15) is 8.96 Å². The smallest absolute Gasteiger partial charge is 0.146 e. The van der Waals surface area contributed by atoms with Gasteiger partial charge in [0.1, 0.15) is 17.1 Å². The van der Waals surface area contributed by atoms with E-state index >= 15 is 0 Å². The molecule has 1 aromatic rings. The van der Waals surface area contributed by atoms with Crippen molar-refractivity contribution in [2.75, 3.05) is 23.9 Å². The zero-order valence-electron chi connectivity index (χ0n) is 6.90. The van der Waals surface area contributed by atoms with E-state index in [1.165, 1.54) is 30.3 Å². The summed E-state index contributed by atoms with van der Waals surface area (Å²) in [5.74, 6) is 0.164. The normalized spacial score (nSPS) is 9.46. The van der Waals surface area contributed by atoms with E-state index in [2.05, 4.69) is 0 Å². The first kappa shape index (κ1) is 9.37. The van der Waals surface area contributed by atoms with Crippen molar-refractivity contribution in [1.29, 1.82) is 0 Å². The molecule has 0 atom stereocenters. The Morgan fingerprint density at radius 3 is 2.31 bits per heavy atom. The molecule has 0 heterocycles. The standard InChI is InChI=1S/C7H9F2N3O/c1-13-5-3-2-4(10)6(11-8)7(5)12-9/h2-3,11-12H,10H2,1H3. The lowest BCUT2D eigenvalue weighted by atomic mass is 10.2. The average Bonchev–Trinajstić information content (AvgIpc) is 2.17. The maximum atomic E-state index is 12.2. The Balaban J connectivity index is 3.27. The number of hydrogen-bond acceptors (Lipinski definition) is 4. The Morgan fingerprint density at radius 1 is 1.23 bits per heavy atom. The molecular weight excluding hydrogens is 180 g/mol. The largest absolute Gasteiger partial charge is 0.494 e. The first-order chi connectivity index (χ1) is 6.24. The number of benzene rings is 1. The van der Waals surface area contributed by atoms with Gasteiger partial charge >= 0.3 is 0 Å². The second-order valence-electron chi connectivity index (χ2n) is 2.30. The summed E-state index contributed by atoms with van der Waals surface area (Å²) >= 11 is 0. The molecule has 4 nitrogen and oxygen atoms in total. The van der Waals surface area contributed by atoms with Crippen molar-refractivity contribution >= 4 is 17.1 Å². The lowest BCUT2D eigenvalue weighted by Gasteiger charge is -2.11. The summed E-state index contributed by atoms with van der Waals surface area (Å²) in [5, 5.41) is 0. The molecule has 6 heteroatoms. The number of nitrogen functional groups attached to an aromatic ring is 1. The zero-order chi connectivity index (χ0) is 9.84. The SMILES string of the molecule is COc1ccc(N)c(NF)c1NF. The van der Waals surface area contributed by atoms with Gasteiger partial charge in [-0.2, -0.15) is 0 Å². The molecule has 0 amide bonds. The number of rotatable bonds is 3. The van der Waals surface area contributed by atoms with Crippen LogP contribution in [-0.2, 0) is 0 Å². The number of nitrogens with one attached hydrogen (secondary N) is 2. The fourth-order valence-corrected chi connectivity index (χ4v) is 0.965. The molecule has 0 saturated carbocycles. The number of methoxy groups -OCH3 is 1. The van der Waals surface area contributed by atoms with Crippen LogP contribution >= 0.6 is 0 Å². The molecule has 4 N–H and O–H groups in total. The topological polar surface area (TPSA) is 59.3 Å². The molecule has 13 heavy (non-hydrogen) atoms. The average molecular weight is 189 g/mol. The van der Waals surface area contributed by atoms with Crippen molar-refractivity contribution in [2.45, 2.75) is 0 Å². The third-order valence-corrected chi connectivity index (χ3v) is 1.61. The van der Waals surface area contributed by atoms with Crippen molar-refractivity contribution in [3.8, 4) is 5.75 Å². The van der Waals surface area contributed by atoms with Gasteiger partial charge in [-0.05, 0) is 12.1 Å². The van der Waals surface area contributed by atoms with E-state index in [0.717, 1.165) is 0 Å². The molecule has 0 aromatic heterocycles. The number of ether oxygens (including phenoxy) is 1. The van der Waals surface area contributed by atoms with Crippen molar-refractivity contribution in [3.05, 3.63) is 12.1 Å². The van der Waals surface area contributed by atoms with Gasteiger partial charge in [-0.15, -0.1) is 8.96 Å². The maximum absolute atomic E-state index is 12.2. The highest BCUT2D eigenvalue weighted by molar-refractivity contribution is 5.84. The van der Waals surface area contributed by atoms with Gasteiger partial charge in [0, 0.05) is 0 Å². The summed E-state index contributed by atoms with van der Waals surface area (Å²) in [7, 11) is 1.34. The second-order valence-corrected chi connectivity index (χ2v) is 2.30. The minimum atomic E-state index is -0.179. The van der Waals surface area contributed by atoms with Crippen molar-refractivity contribution in [1.82, 2.24) is 0 Å². The predicted octanol–water partition coefficient (Wildman–Crippen LogP) is 1.87. The quantitative estimate of drug-likeness (QED) is 0.501. The molecule has 0 spiro atoms. The van der Waals surface area contributed by atoms with Crippen LogP contribution in [0.5, 0.6) is 5.75 Å². The fraction of sp³-hybridized carbons (Fsp3) is 0.143. The van der Waals surface area contributed by atoms with Crippen LogP contribution in [0.15, 0.2) is 12.1 Å². The molecule has 0 radical (unpaired) electrons. The van der Waals surface area contributed by atoms with Crippen LogP contribution in [0.3, 0.4) is 0 Å². The lowest BCUT2D eigenvalue weighted by Crippen LogP contribution is -1.99. The lowest BCUT2D eigenvalue weighted by molar-refractivity contribution is 0.413. The summed E-state index contributed by atoms with van der Waals surface area (Å²) in [6.45, 7) is 0. The molecule has 1 aromatic carbocycles. The van der Waals surface area contributed by atoms with Gasteiger partial charge in [0.25, 0.3) is 0 Å². The Labute approximate surface area is 73.6 Å². The monoisotopic (exact) mass is 189 g/mol. The molecule has 0 fully saturated rings. The van der Waals surface area contributed by atoms with Crippen LogP contribution in [0.2, 0.25) is 0 Å². The minimum Gasteiger partial charge on any atom is -0.494 e. The van der Waals surface area contributed by atoms with Crippen LogP contribution in [0.1, 0.15) is 0 Å². The second kappa shape index (κ2) is 3.79. The number of halogens is 2. The summed E-state index contributed by atoms with van der Waals surface area (Å²) in [5.41, 5.74) is 7.69. The van der Waals surface area contributed by atoms with Crippen molar-refractivity contribution < 1.29 is 13.7 Å².